The Labute approximate surface area is 183 Å². The molecular weight excluding hydrogens is 410 g/mol. The predicted molar refractivity (Wildman–Crippen MR) is 118 cm³/mol. The van der Waals surface area contributed by atoms with E-state index in [1.54, 1.807) is 43.3 Å². The topological polar surface area (TPSA) is 103 Å². The number of amides is 2. The van der Waals surface area contributed by atoms with Crippen LogP contribution in [-0.4, -0.2) is 29.8 Å². The molecular formula is C24H19N3O5. The normalized spacial score (nSPS) is 13.0. The number of carbonyl (C=O) groups is 2. The van der Waals surface area contributed by atoms with E-state index in [1.807, 2.05) is 30.3 Å². The van der Waals surface area contributed by atoms with Gasteiger partial charge in [0, 0.05) is 22.9 Å². The highest BCUT2D eigenvalue weighted by atomic mass is 16.7. The third-order valence-corrected chi connectivity index (χ3v) is 5.16. The molecule has 1 atom stereocenters. The Hall–Kier alpha value is -4.33. The zero-order valence-corrected chi connectivity index (χ0v) is 17.1. The van der Waals surface area contributed by atoms with Gasteiger partial charge < -0.3 is 24.6 Å². The molecule has 1 aliphatic rings. The van der Waals surface area contributed by atoms with Crippen molar-refractivity contribution in [2.24, 2.45) is 0 Å². The van der Waals surface area contributed by atoms with Gasteiger partial charge >= 0.3 is 0 Å². The van der Waals surface area contributed by atoms with Crippen molar-refractivity contribution < 1.29 is 23.6 Å². The minimum atomic E-state index is -0.764. The summed E-state index contributed by atoms with van der Waals surface area (Å²) in [6.07, 6.45) is 0. The largest absolute Gasteiger partial charge is 0.454 e. The molecule has 0 aliphatic carbocycles. The lowest BCUT2D eigenvalue weighted by Crippen LogP contribution is -2.41. The molecule has 3 aromatic carbocycles. The molecule has 2 N–H and O–H groups in total. The Morgan fingerprint density at radius 3 is 2.62 bits per heavy atom. The van der Waals surface area contributed by atoms with Gasteiger partial charge in [-0.25, -0.2) is 0 Å². The quantitative estimate of drug-likeness (QED) is 0.498. The van der Waals surface area contributed by atoms with Crippen LogP contribution in [0.1, 0.15) is 17.3 Å². The second-order valence-electron chi connectivity index (χ2n) is 7.36. The van der Waals surface area contributed by atoms with Gasteiger partial charge in [-0.15, -0.1) is 0 Å². The van der Waals surface area contributed by atoms with Crippen LogP contribution in [0.3, 0.4) is 0 Å². The molecule has 0 bridgehead atoms. The zero-order chi connectivity index (χ0) is 22.1. The third-order valence-electron chi connectivity index (χ3n) is 5.16. The number of hydrogen-bond donors (Lipinski definition) is 2. The maximum Gasteiger partial charge on any atom is 0.251 e. The molecule has 8 heteroatoms. The maximum absolute atomic E-state index is 12.8. The molecule has 160 valence electrons. The van der Waals surface area contributed by atoms with Crippen molar-refractivity contribution in [1.82, 2.24) is 10.5 Å². The van der Waals surface area contributed by atoms with Crippen LogP contribution in [0.5, 0.6) is 11.5 Å². The monoisotopic (exact) mass is 429 g/mol. The van der Waals surface area contributed by atoms with Gasteiger partial charge in [0.15, 0.2) is 17.3 Å². The van der Waals surface area contributed by atoms with Gasteiger partial charge in [0.25, 0.3) is 5.91 Å². The summed E-state index contributed by atoms with van der Waals surface area (Å²) in [7, 11) is 0. The summed E-state index contributed by atoms with van der Waals surface area (Å²) in [5, 5.41) is 10.3. The molecule has 0 saturated heterocycles. The number of nitrogens with one attached hydrogen (secondary N) is 2. The summed E-state index contributed by atoms with van der Waals surface area (Å²) < 4.78 is 16.1. The minimum absolute atomic E-state index is 0.154. The van der Waals surface area contributed by atoms with Crippen molar-refractivity contribution in [2.45, 2.75) is 13.0 Å². The number of fused-ring (bicyclic) bond motifs is 2. The first-order valence-corrected chi connectivity index (χ1v) is 10.0. The van der Waals surface area contributed by atoms with E-state index in [-0.39, 0.29) is 18.6 Å². The fourth-order valence-electron chi connectivity index (χ4n) is 3.45. The summed E-state index contributed by atoms with van der Waals surface area (Å²) in [5.41, 5.74) is 2.47. The van der Waals surface area contributed by atoms with Crippen molar-refractivity contribution in [3.05, 3.63) is 72.3 Å². The van der Waals surface area contributed by atoms with Crippen LogP contribution < -0.4 is 20.1 Å². The number of nitrogens with zero attached hydrogens (tertiary/aromatic N) is 1. The first kappa shape index (κ1) is 19.6. The number of hydrogen-bond acceptors (Lipinski definition) is 6. The van der Waals surface area contributed by atoms with Crippen LogP contribution >= 0.6 is 0 Å². The summed E-state index contributed by atoms with van der Waals surface area (Å²) in [6, 6.07) is 19.0. The van der Waals surface area contributed by atoms with Crippen LogP contribution in [0.4, 0.5) is 5.69 Å². The predicted octanol–water partition coefficient (Wildman–Crippen LogP) is 3.98. The molecule has 2 amide bonds. The van der Waals surface area contributed by atoms with E-state index in [0.29, 0.717) is 34.0 Å². The van der Waals surface area contributed by atoms with E-state index in [4.69, 9.17) is 14.0 Å². The van der Waals surface area contributed by atoms with Gasteiger partial charge in [-0.05, 0) is 37.3 Å². The van der Waals surface area contributed by atoms with Gasteiger partial charge in [0.05, 0.1) is 5.39 Å². The molecule has 0 fully saturated rings. The molecule has 32 heavy (non-hydrogen) atoms. The van der Waals surface area contributed by atoms with Gasteiger partial charge in [-0.2, -0.15) is 0 Å². The minimum Gasteiger partial charge on any atom is -0.454 e. The van der Waals surface area contributed by atoms with Gasteiger partial charge in [0.1, 0.15) is 11.6 Å². The molecule has 1 unspecified atom stereocenters. The zero-order valence-electron chi connectivity index (χ0n) is 17.1. The molecule has 2 heterocycles. The Morgan fingerprint density at radius 1 is 0.969 bits per heavy atom. The molecule has 4 aromatic rings. The third kappa shape index (κ3) is 3.74. The number of anilines is 1. The van der Waals surface area contributed by atoms with E-state index < -0.39 is 6.04 Å². The Morgan fingerprint density at radius 2 is 1.78 bits per heavy atom. The number of rotatable bonds is 5. The van der Waals surface area contributed by atoms with Crippen molar-refractivity contribution in [3.63, 3.8) is 0 Å². The number of aromatic nitrogens is 1. The van der Waals surface area contributed by atoms with Gasteiger partial charge in [-0.3, -0.25) is 9.59 Å². The fraction of sp³-hybridized carbons (Fsp3) is 0.125. The smallest absolute Gasteiger partial charge is 0.251 e. The summed E-state index contributed by atoms with van der Waals surface area (Å²) in [6.45, 7) is 1.77. The van der Waals surface area contributed by atoms with E-state index in [1.165, 1.54) is 0 Å². The highest BCUT2D eigenvalue weighted by molar-refractivity contribution is 6.04. The van der Waals surface area contributed by atoms with Gasteiger partial charge in [0.2, 0.25) is 12.7 Å². The maximum atomic E-state index is 12.8. The van der Waals surface area contributed by atoms with Crippen molar-refractivity contribution in [2.75, 3.05) is 12.1 Å². The van der Waals surface area contributed by atoms with E-state index in [2.05, 4.69) is 15.8 Å². The number of ether oxygens (including phenoxy) is 2. The van der Waals surface area contributed by atoms with Crippen LogP contribution in [0, 0.1) is 0 Å². The van der Waals surface area contributed by atoms with E-state index in [9.17, 15) is 9.59 Å². The Balaban J connectivity index is 1.30. The SMILES string of the molecule is CC(NC(=O)c1ccc2noc(-c3ccccc3)c2c1)C(=O)Nc1ccc2c(c1)OCO2. The highest BCUT2D eigenvalue weighted by Gasteiger charge is 2.20. The molecule has 1 aromatic heterocycles. The number of benzene rings is 3. The molecule has 1 aliphatic heterocycles. The van der Waals surface area contributed by atoms with E-state index in [0.717, 1.165) is 10.9 Å². The van der Waals surface area contributed by atoms with Gasteiger partial charge in [-0.1, -0.05) is 35.5 Å². The van der Waals surface area contributed by atoms with Crippen LogP contribution in [0.2, 0.25) is 0 Å². The lowest BCUT2D eigenvalue weighted by Gasteiger charge is -2.14. The molecule has 8 nitrogen and oxygen atoms in total. The standard InChI is InChI=1S/C24H19N3O5/c1-14(23(28)26-17-8-10-20-21(12-17)31-13-30-20)25-24(29)16-7-9-19-18(11-16)22(32-27-19)15-5-3-2-4-6-15/h2-12,14H,13H2,1H3,(H,25,29)(H,26,28). The summed E-state index contributed by atoms with van der Waals surface area (Å²) in [5.74, 6) is 1.05. The summed E-state index contributed by atoms with van der Waals surface area (Å²) in [4.78, 5) is 25.4. The van der Waals surface area contributed by atoms with Crippen molar-refractivity contribution in [1.29, 1.82) is 0 Å². The second-order valence-corrected chi connectivity index (χ2v) is 7.36. The number of carbonyl (C=O) groups excluding carboxylic acids is 2. The van der Waals surface area contributed by atoms with Crippen LogP contribution in [-0.2, 0) is 4.79 Å². The van der Waals surface area contributed by atoms with Crippen LogP contribution in [0.25, 0.3) is 22.2 Å². The fourth-order valence-corrected chi connectivity index (χ4v) is 3.45. The summed E-state index contributed by atoms with van der Waals surface area (Å²) >= 11 is 0. The van der Waals surface area contributed by atoms with E-state index >= 15 is 0 Å². The first-order valence-electron chi connectivity index (χ1n) is 10.0. The molecule has 5 rings (SSSR count). The van der Waals surface area contributed by atoms with Crippen molar-refractivity contribution in [3.8, 4) is 22.8 Å². The lowest BCUT2D eigenvalue weighted by atomic mass is 10.1. The lowest BCUT2D eigenvalue weighted by molar-refractivity contribution is -0.117. The Bertz CT molecular complexity index is 1320. The van der Waals surface area contributed by atoms with Crippen LogP contribution in [0.15, 0.2) is 71.3 Å². The molecule has 0 saturated carbocycles. The van der Waals surface area contributed by atoms with Crippen molar-refractivity contribution >= 4 is 28.4 Å². The first-order chi connectivity index (χ1) is 15.6. The average Bonchev–Trinajstić information content (AvgIpc) is 3.45. The molecule has 0 radical (unpaired) electrons. The Kier molecular flexibility index (Phi) is 4.95. The molecule has 0 spiro atoms. The highest BCUT2D eigenvalue weighted by Crippen LogP contribution is 2.34. The second kappa shape index (κ2) is 8.07. The average molecular weight is 429 g/mol.